The molecule has 0 aliphatic heterocycles. The fraction of sp³-hybridized carbons (Fsp3) is 0.714. The molecule has 0 N–H and O–H groups in total. The van der Waals surface area contributed by atoms with Gasteiger partial charge in [0.15, 0.2) is 0 Å². The van der Waals surface area contributed by atoms with E-state index in [-0.39, 0.29) is 20.9 Å². The van der Waals surface area contributed by atoms with Crippen molar-refractivity contribution in [3.05, 3.63) is 0 Å². The molecule has 0 amide bonds. The van der Waals surface area contributed by atoms with Crippen molar-refractivity contribution >= 4 is 20.9 Å². The summed E-state index contributed by atoms with van der Waals surface area (Å²) in [6.07, 6.45) is 9.90. The molecule has 0 aliphatic rings. The topological polar surface area (TPSA) is 0 Å². The molecule has 0 aromatic rings. The Morgan fingerprint density at radius 2 is 1.20 bits per heavy atom. The summed E-state index contributed by atoms with van der Waals surface area (Å²) in [6.45, 7) is 4.45. The van der Waals surface area contributed by atoms with Crippen LogP contribution in [0.4, 0.5) is 0 Å². The van der Waals surface area contributed by atoms with E-state index in [1.165, 1.54) is 38.5 Å². The van der Waals surface area contributed by atoms with E-state index in [1.807, 2.05) is 0 Å². The van der Waals surface area contributed by atoms with Crippen molar-refractivity contribution in [1.29, 1.82) is 0 Å². The molecule has 0 heterocycles. The van der Waals surface area contributed by atoms with Gasteiger partial charge in [-0.2, -0.15) is 0 Å². The van der Waals surface area contributed by atoms with Gasteiger partial charge in [-0.3, -0.25) is 0 Å². The first kappa shape index (κ1) is 14.9. The third-order valence-corrected chi connectivity index (χ3v) is 3.46. The van der Waals surface area contributed by atoms with Crippen LogP contribution in [0.1, 0.15) is 65.2 Å². The van der Waals surface area contributed by atoms with E-state index in [4.69, 9.17) is 0 Å². The van der Waals surface area contributed by atoms with Crippen LogP contribution in [-0.2, 0) is 0 Å². The predicted octanol–water partition coefficient (Wildman–Crippen LogP) is 3.77. The molecule has 0 aliphatic carbocycles. The van der Waals surface area contributed by atoms with Gasteiger partial charge in [0, 0.05) is 0 Å². The Hall–Kier alpha value is -0.0904. The van der Waals surface area contributed by atoms with Crippen molar-refractivity contribution < 1.29 is 0 Å². The van der Waals surface area contributed by atoms with Crippen molar-refractivity contribution in [2.24, 2.45) is 0 Å². The van der Waals surface area contributed by atoms with E-state index in [0.717, 1.165) is 12.8 Å². The van der Waals surface area contributed by atoms with Gasteiger partial charge < -0.3 is 0 Å². The van der Waals surface area contributed by atoms with Crippen LogP contribution in [0.2, 0.25) is 0 Å². The number of unbranched alkanes of at least 4 members (excludes halogenated alkanes) is 6. The summed E-state index contributed by atoms with van der Waals surface area (Å²) in [6, 6.07) is 0. The zero-order valence-electron chi connectivity index (χ0n) is 10.1. The van der Waals surface area contributed by atoms with Crippen LogP contribution in [0.3, 0.4) is 0 Å². The Morgan fingerprint density at radius 3 is 1.60 bits per heavy atom. The molecule has 0 atom stereocenters. The minimum atomic E-state index is -0.306. The maximum atomic E-state index is 3.24. The molecule has 0 fully saturated rings. The van der Waals surface area contributed by atoms with Gasteiger partial charge in [-0.05, 0) is 0 Å². The standard InChI is InChI=1S/C14H22Te/c1-3-5-7-9-11-13-15-14-12-10-8-6-4-2/h3-10H2,1-2H3. The first-order chi connectivity index (χ1) is 7.41. The second kappa shape index (κ2) is 13.9. The maximum absolute atomic E-state index is 3.24. The number of hydrogen-bond donors (Lipinski definition) is 0. The van der Waals surface area contributed by atoms with Gasteiger partial charge in [-0.25, -0.2) is 0 Å². The van der Waals surface area contributed by atoms with E-state index in [0.29, 0.717) is 0 Å². The number of rotatable bonds is 6. The van der Waals surface area contributed by atoms with E-state index in [1.54, 1.807) is 0 Å². The van der Waals surface area contributed by atoms with Crippen molar-refractivity contribution in [3.8, 4) is 19.8 Å². The molecule has 0 aromatic carbocycles. The van der Waals surface area contributed by atoms with Crippen LogP contribution in [-0.4, -0.2) is 20.9 Å². The van der Waals surface area contributed by atoms with Crippen molar-refractivity contribution in [1.82, 2.24) is 0 Å². The Bertz CT molecular complexity index is 208. The van der Waals surface area contributed by atoms with Crippen molar-refractivity contribution in [2.45, 2.75) is 65.2 Å². The monoisotopic (exact) mass is 320 g/mol. The fourth-order valence-electron chi connectivity index (χ4n) is 1.13. The molecule has 0 rings (SSSR count). The molecule has 15 heavy (non-hydrogen) atoms. The summed E-state index contributed by atoms with van der Waals surface area (Å²) in [5.74, 6) is 6.46. The quantitative estimate of drug-likeness (QED) is 0.397. The van der Waals surface area contributed by atoms with Crippen LogP contribution in [0.25, 0.3) is 0 Å². The van der Waals surface area contributed by atoms with Crippen LogP contribution in [0.15, 0.2) is 0 Å². The summed E-state index contributed by atoms with van der Waals surface area (Å²) < 4.78 is 6.48. The first-order valence-electron chi connectivity index (χ1n) is 6.03. The Balaban J connectivity index is 3.26. The summed E-state index contributed by atoms with van der Waals surface area (Å²) >= 11 is -0.306. The molecule has 0 bridgehead atoms. The molecule has 0 radical (unpaired) electrons. The normalized spacial score (nSPS) is 8.67. The molecule has 0 aromatic heterocycles. The number of hydrogen-bond acceptors (Lipinski definition) is 0. The van der Waals surface area contributed by atoms with E-state index in [9.17, 15) is 0 Å². The minimum absolute atomic E-state index is 0.306. The van der Waals surface area contributed by atoms with Gasteiger partial charge in [-0.1, -0.05) is 0 Å². The molecular weight excluding hydrogens is 296 g/mol. The summed E-state index contributed by atoms with van der Waals surface area (Å²) in [5, 5.41) is 0. The summed E-state index contributed by atoms with van der Waals surface area (Å²) in [7, 11) is 0. The van der Waals surface area contributed by atoms with Crippen LogP contribution in [0, 0.1) is 19.8 Å². The summed E-state index contributed by atoms with van der Waals surface area (Å²) in [5.41, 5.74) is 0. The van der Waals surface area contributed by atoms with Gasteiger partial charge >= 0.3 is 106 Å². The predicted molar refractivity (Wildman–Crippen MR) is 69.6 cm³/mol. The zero-order valence-corrected chi connectivity index (χ0v) is 12.4. The van der Waals surface area contributed by atoms with E-state index in [2.05, 4.69) is 33.6 Å². The molecule has 0 unspecified atom stereocenters. The third-order valence-electron chi connectivity index (χ3n) is 2.06. The average molecular weight is 318 g/mol. The molecule has 0 nitrogen and oxygen atoms in total. The SMILES string of the molecule is CCCCCC#C[Te]C#CCCCCC. The second-order valence-corrected chi connectivity index (χ2v) is 5.32. The molecule has 1 heteroatoms. The zero-order chi connectivity index (χ0) is 11.2. The molecule has 0 spiro atoms. The Kier molecular flexibility index (Phi) is 13.8. The van der Waals surface area contributed by atoms with Crippen molar-refractivity contribution in [2.75, 3.05) is 0 Å². The van der Waals surface area contributed by atoms with Gasteiger partial charge in [0.25, 0.3) is 0 Å². The van der Waals surface area contributed by atoms with Gasteiger partial charge in [-0.15, -0.1) is 0 Å². The van der Waals surface area contributed by atoms with Crippen LogP contribution in [0.5, 0.6) is 0 Å². The molecule has 84 valence electrons. The van der Waals surface area contributed by atoms with Gasteiger partial charge in [0.1, 0.15) is 0 Å². The average Bonchev–Trinajstić information content (AvgIpc) is 2.26. The van der Waals surface area contributed by atoms with Gasteiger partial charge in [0.05, 0.1) is 0 Å². The van der Waals surface area contributed by atoms with Crippen molar-refractivity contribution in [3.63, 3.8) is 0 Å². The third kappa shape index (κ3) is 13.9. The van der Waals surface area contributed by atoms with E-state index < -0.39 is 0 Å². The molecular formula is C14H22Te. The molecule has 0 saturated heterocycles. The van der Waals surface area contributed by atoms with Gasteiger partial charge in [0.2, 0.25) is 0 Å². The van der Waals surface area contributed by atoms with E-state index >= 15 is 0 Å². The summed E-state index contributed by atoms with van der Waals surface area (Å²) in [4.78, 5) is 0. The Labute approximate surface area is 106 Å². The van der Waals surface area contributed by atoms with Crippen LogP contribution < -0.4 is 0 Å². The fourth-order valence-corrected chi connectivity index (χ4v) is 2.27. The second-order valence-electron chi connectivity index (χ2n) is 3.57. The first-order valence-corrected chi connectivity index (χ1v) is 8.36. The molecule has 0 saturated carbocycles. The van der Waals surface area contributed by atoms with Crippen LogP contribution >= 0.6 is 0 Å². The Morgan fingerprint density at radius 1 is 0.733 bits per heavy atom.